The molecule has 29 heavy (non-hydrogen) atoms. The molecule has 2 aromatic rings. The fourth-order valence-corrected chi connectivity index (χ4v) is 3.62. The summed E-state index contributed by atoms with van der Waals surface area (Å²) in [6, 6.07) is 15.0. The Bertz CT molecular complexity index is 864. The molecule has 2 amide bonds. The molecule has 1 aliphatic heterocycles. The number of rotatable bonds is 6. The standard InChI is InChI=1S/C22H26BrN3O3/c1-16(2)24-21(27)15-25-10-12-26(13-11-25)22(28)19-8-3-4-9-20(19)29-18-7-5-6-17(23)14-18/h3-9,14,16H,10-13,15H2,1-2H3,(H,24,27). The molecule has 2 aromatic carbocycles. The van der Waals surface area contributed by atoms with Crippen LogP contribution in [0.1, 0.15) is 24.2 Å². The Morgan fingerprint density at radius 1 is 1.07 bits per heavy atom. The van der Waals surface area contributed by atoms with E-state index in [-0.39, 0.29) is 17.9 Å². The summed E-state index contributed by atoms with van der Waals surface area (Å²) in [5.74, 6) is 1.17. The lowest BCUT2D eigenvalue weighted by Gasteiger charge is -2.34. The zero-order valence-corrected chi connectivity index (χ0v) is 18.3. The second-order valence-electron chi connectivity index (χ2n) is 7.35. The van der Waals surface area contributed by atoms with E-state index >= 15 is 0 Å². The Morgan fingerprint density at radius 3 is 2.48 bits per heavy atom. The van der Waals surface area contributed by atoms with Gasteiger partial charge in [-0.05, 0) is 44.2 Å². The maximum atomic E-state index is 13.1. The van der Waals surface area contributed by atoms with Crippen LogP contribution < -0.4 is 10.1 Å². The summed E-state index contributed by atoms with van der Waals surface area (Å²) in [4.78, 5) is 28.9. The van der Waals surface area contributed by atoms with Gasteiger partial charge in [0.2, 0.25) is 5.91 Å². The normalized spacial score (nSPS) is 14.7. The fraction of sp³-hybridized carbons (Fsp3) is 0.364. The number of nitrogens with zero attached hydrogens (tertiary/aromatic N) is 2. The first-order chi connectivity index (χ1) is 13.9. The van der Waals surface area contributed by atoms with Gasteiger partial charge in [0, 0.05) is 36.7 Å². The van der Waals surface area contributed by atoms with Gasteiger partial charge in [-0.15, -0.1) is 0 Å². The van der Waals surface area contributed by atoms with Gasteiger partial charge in [-0.2, -0.15) is 0 Å². The van der Waals surface area contributed by atoms with Crippen molar-refractivity contribution < 1.29 is 14.3 Å². The van der Waals surface area contributed by atoms with Crippen molar-refractivity contribution in [3.05, 3.63) is 58.6 Å². The number of carbonyl (C=O) groups is 2. The van der Waals surface area contributed by atoms with Crippen LogP contribution in [0.5, 0.6) is 11.5 Å². The first kappa shape index (κ1) is 21.3. The van der Waals surface area contributed by atoms with Crippen molar-refractivity contribution in [3.63, 3.8) is 0 Å². The van der Waals surface area contributed by atoms with Crippen molar-refractivity contribution in [2.45, 2.75) is 19.9 Å². The number of halogens is 1. The summed E-state index contributed by atoms with van der Waals surface area (Å²) >= 11 is 3.43. The van der Waals surface area contributed by atoms with Gasteiger partial charge in [0.15, 0.2) is 0 Å². The van der Waals surface area contributed by atoms with E-state index in [0.717, 1.165) is 4.47 Å². The number of hydrogen-bond acceptors (Lipinski definition) is 4. The van der Waals surface area contributed by atoms with Crippen LogP contribution in [0, 0.1) is 0 Å². The molecule has 1 heterocycles. The molecule has 1 saturated heterocycles. The molecule has 0 aliphatic carbocycles. The summed E-state index contributed by atoms with van der Waals surface area (Å²) in [6.07, 6.45) is 0. The number of amides is 2. The van der Waals surface area contributed by atoms with Crippen LogP contribution in [0.15, 0.2) is 53.0 Å². The maximum absolute atomic E-state index is 13.1. The minimum absolute atomic E-state index is 0.0209. The van der Waals surface area contributed by atoms with Gasteiger partial charge in [0.1, 0.15) is 11.5 Å². The minimum Gasteiger partial charge on any atom is -0.456 e. The second kappa shape index (κ2) is 9.89. The topological polar surface area (TPSA) is 61.9 Å². The third-order valence-electron chi connectivity index (χ3n) is 4.62. The largest absolute Gasteiger partial charge is 0.456 e. The number of para-hydroxylation sites is 1. The van der Waals surface area contributed by atoms with Gasteiger partial charge < -0.3 is 15.0 Å². The van der Waals surface area contributed by atoms with Crippen molar-refractivity contribution >= 4 is 27.7 Å². The molecule has 0 aromatic heterocycles. The highest BCUT2D eigenvalue weighted by Crippen LogP contribution is 2.28. The van der Waals surface area contributed by atoms with Crippen molar-refractivity contribution in [2.75, 3.05) is 32.7 Å². The number of ether oxygens (including phenoxy) is 1. The molecule has 1 fully saturated rings. The predicted octanol–water partition coefficient (Wildman–Crippen LogP) is 3.52. The third kappa shape index (κ3) is 6.05. The molecule has 0 radical (unpaired) electrons. The molecule has 0 unspecified atom stereocenters. The van der Waals surface area contributed by atoms with Gasteiger partial charge >= 0.3 is 0 Å². The van der Waals surface area contributed by atoms with Crippen LogP contribution >= 0.6 is 15.9 Å². The molecule has 6 nitrogen and oxygen atoms in total. The molecule has 3 rings (SSSR count). The Kier molecular flexibility index (Phi) is 7.28. The monoisotopic (exact) mass is 459 g/mol. The first-order valence-corrected chi connectivity index (χ1v) is 10.5. The zero-order chi connectivity index (χ0) is 20.8. The molecule has 0 saturated carbocycles. The van der Waals surface area contributed by atoms with Crippen LogP contribution in [0.3, 0.4) is 0 Å². The average molecular weight is 460 g/mol. The number of piperazine rings is 1. The van der Waals surface area contributed by atoms with Crippen LogP contribution in [0.4, 0.5) is 0 Å². The molecule has 1 aliphatic rings. The molecule has 1 N–H and O–H groups in total. The number of hydrogen-bond donors (Lipinski definition) is 1. The van der Waals surface area contributed by atoms with E-state index in [0.29, 0.717) is 49.8 Å². The van der Waals surface area contributed by atoms with Crippen LogP contribution in [0.2, 0.25) is 0 Å². The lowest BCUT2D eigenvalue weighted by atomic mass is 10.1. The lowest BCUT2D eigenvalue weighted by molar-refractivity contribution is -0.123. The van der Waals surface area contributed by atoms with Crippen molar-refractivity contribution in [2.24, 2.45) is 0 Å². The first-order valence-electron chi connectivity index (χ1n) is 9.76. The van der Waals surface area contributed by atoms with E-state index in [2.05, 4.69) is 26.1 Å². The zero-order valence-electron chi connectivity index (χ0n) is 16.7. The molecular weight excluding hydrogens is 434 g/mol. The van der Waals surface area contributed by atoms with Crippen LogP contribution in [-0.2, 0) is 4.79 Å². The average Bonchev–Trinajstić information content (AvgIpc) is 2.68. The van der Waals surface area contributed by atoms with E-state index in [1.54, 1.807) is 12.1 Å². The maximum Gasteiger partial charge on any atom is 0.257 e. The minimum atomic E-state index is -0.0538. The predicted molar refractivity (Wildman–Crippen MR) is 116 cm³/mol. The van der Waals surface area contributed by atoms with E-state index in [4.69, 9.17) is 4.74 Å². The van der Waals surface area contributed by atoms with Gasteiger partial charge in [0.05, 0.1) is 12.1 Å². The number of benzene rings is 2. The van der Waals surface area contributed by atoms with Crippen molar-refractivity contribution in [1.29, 1.82) is 0 Å². The third-order valence-corrected chi connectivity index (χ3v) is 5.11. The van der Waals surface area contributed by atoms with E-state index in [1.807, 2.05) is 55.1 Å². The summed E-state index contributed by atoms with van der Waals surface area (Å²) in [7, 11) is 0. The highest BCUT2D eigenvalue weighted by atomic mass is 79.9. The van der Waals surface area contributed by atoms with E-state index < -0.39 is 0 Å². The van der Waals surface area contributed by atoms with Crippen LogP contribution in [-0.4, -0.2) is 60.4 Å². The lowest BCUT2D eigenvalue weighted by Crippen LogP contribution is -2.51. The Morgan fingerprint density at radius 2 is 1.79 bits per heavy atom. The van der Waals surface area contributed by atoms with Gasteiger partial charge in [-0.3, -0.25) is 14.5 Å². The van der Waals surface area contributed by atoms with Crippen LogP contribution in [0.25, 0.3) is 0 Å². The van der Waals surface area contributed by atoms with Gasteiger partial charge in [0.25, 0.3) is 5.91 Å². The molecule has 154 valence electrons. The Labute approximate surface area is 180 Å². The molecule has 0 atom stereocenters. The second-order valence-corrected chi connectivity index (χ2v) is 8.26. The molecular formula is C22H26BrN3O3. The van der Waals surface area contributed by atoms with Gasteiger partial charge in [-0.25, -0.2) is 0 Å². The smallest absolute Gasteiger partial charge is 0.257 e. The van der Waals surface area contributed by atoms with E-state index in [1.165, 1.54) is 0 Å². The molecule has 7 heteroatoms. The summed E-state index contributed by atoms with van der Waals surface area (Å²) in [6.45, 7) is 6.77. The Hall–Kier alpha value is -2.38. The summed E-state index contributed by atoms with van der Waals surface area (Å²) < 4.78 is 6.89. The number of nitrogens with one attached hydrogen (secondary N) is 1. The summed E-state index contributed by atoms with van der Waals surface area (Å²) in [5.41, 5.74) is 0.540. The molecule has 0 bridgehead atoms. The van der Waals surface area contributed by atoms with Crippen molar-refractivity contribution in [1.82, 2.24) is 15.1 Å². The highest BCUT2D eigenvalue weighted by molar-refractivity contribution is 9.10. The molecule has 0 spiro atoms. The number of carbonyl (C=O) groups excluding carboxylic acids is 2. The highest BCUT2D eigenvalue weighted by Gasteiger charge is 2.25. The quantitative estimate of drug-likeness (QED) is 0.717. The van der Waals surface area contributed by atoms with E-state index in [9.17, 15) is 9.59 Å². The fourth-order valence-electron chi connectivity index (χ4n) is 3.24. The summed E-state index contributed by atoms with van der Waals surface area (Å²) in [5, 5.41) is 2.90. The SMILES string of the molecule is CC(C)NC(=O)CN1CCN(C(=O)c2ccccc2Oc2cccc(Br)c2)CC1. The Balaban J connectivity index is 1.62. The van der Waals surface area contributed by atoms with Gasteiger partial charge in [-0.1, -0.05) is 34.1 Å². The van der Waals surface area contributed by atoms with Crippen molar-refractivity contribution in [3.8, 4) is 11.5 Å².